The Kier molecular flexibility index (Phi) is 3.25. The maximum absolute atomic E-state index is 9.48. The lowest BCUT2D eigenvalue weighted by molar-refractivity contribution is 0.266. The van der Waals surface area contributed by atoms with Crippen molar-refractivity contribution < 1.29 is 5.11 Å². The van der Waals surface area contributed by atoms with Gasteiger partial charge in [0.15, 0.2) is 11.5 Å². The molecule has 6 nitrogen and oxygen atoms in total. The first kappa shape index (κ1) is 12.2. The standard InChI is InChI=1S/C13H19N5O/c1-2-14-11-8-17-7-5-15-12(17)13(16-11)18-6-3-4-10(18)9-19/h5,7-8,10,14,19H,2-4,6,9H2,1H3. The van der Waals surface area contributed by atoms with Crippen LogP contribution >= 0.6 is 0 Å². The molecule has 1 fully saturated rings. The molecule has 1 unspecified atom stereocenters. The predicted molar refractivity (Wildman–Crippen MR) is 74.6 cm³/mol. The van der Waals surface area contributed by atoms with E-state index in [9.17, 15) is 5.11 Å². The van der Waals surface area contributed by atoms with Gasteiger partial charge in [0.2, 0.25) is 0 Å². The fourth-order valence-electron chi connectivity index (χ4n) is 2.68. The summed E-state index contributed by atoms with van der Waals surface area (Å²) in [6.07, 6.45) is 7.74. The van der Waals surface area contributed by atoms with Crippen LogP contribution in [-0.4, -0.2) is 45.2 Å². The van der Waals surface area contributed by atoms with Gasteiger partial charge in [0.05, 0.1) is 18.8 Å². The van der Waals surface area contributed by atoms with Crippen molar-refractivity contribution in [2.45, 2.75) is 25.8 Å². The zero-order valence-corrected chi connectivity index (χ0v) is 11.1. The molecule has 19 heavy (non-hydrogen) atoms. The van der Waals surface area contributed by atoms with E-state index in [4.69, 9.17) is 0 Å². The number of hydrogen-bond donors (Lipinski definition) is 2. The molecule has 0 bridgehead atoms. The SMILES string of the molecule is CCNc1cn2ccnc2c(N2CCCC2CO)n1. The van der Waals surface area contributed by atoms with Gasteiger partial charge in [-0.15, -0.1) is 0 Å². The molecule has 3 rings (SSSR count). The van der Waals surface area contributed by atoms with E-state index in [1.54, 1.807) is 6.20 Å². The maximum atomic E-state index is 9.48. The van der Waals surface area contributed by atoms with Crippen LogP contribution in [-0.2, 0) is 0 Å². The minimum Gasteiger partial charge on any atom is -0.394 e. The van der Waals surface area contributed by atoms with Gasteiger partial charge < -0.3 is 19.7 Å². The van der Waals surface area contributed by atoms with Gasteiger partial charge in [-0.2, -0.15) is 0 Å². The summed E-state index contributed by atoms with van der Waals surface area (Å²) in [5.41, 5.74) is 0.849. The second kappa shape index (κ2) is 5.05. The van der Waals surface area contributed by atoms with Crippen LogP contribution in [0.2, 0.25) is 0 Å². The largest absolute Gasteiger partial charge is 0.394 e. The van der Waals surface area contributed by atoms with Gasteiger partial charge in [-0.05, 0) is 19.8 Å². The summed E-state index contributed by atoms with van der Waals surface area (Å²) in [7, 11) is 0. The van der Waals surface area contributed by atoms with E-state index < -0.39 is 0 Å². The van der Waals surface area contributed by atoms with E-state index in [1.165, 1.54) is 0 Å². The molecule has 3 heterocycles. The van der Waals surface area contributed by atoms with Gasteiger partial charge in [-0.3, -0.25) is 0 Å². The van der Waals surface area contributed by atoms with Crippen LogP contribution in [0.5, 0.6) is 0 Å². The van der Waals surface area contributed by atoms with Crippen LogP contribution in [0.15, 0.2) is 18.6 Å². The van der Waals surface area contributed by atoms with Crippen molar-refractivity contribution in [2.75, 3.05) is 29.9 Å². The predicted octanol–water partition coefficient (Wildman–Crippen LogP) is 1.12. The summed E-state index contributed by atoms with van der Waals surface area (Å²) in [5, 5.41) is 12.7. The summed E-state index contributed by atoms with van der Waals surface area (Å²) < 4.78 is 1.98. The second-order valence-electron chi connectivity index (χ2n) is 4.81. The Labute approximate surface area is 112 Å². The maximum Gasteiger partial charge on any atom is 0.180 e. The van der Waals surface area contributed by atoms with E-state index in [0.29, 0.717) is 0 Å². The Bertz CT molecular complexity index is 567. The first-order valence-corrected chi connectivity index (χ1v) is 6.78. The van der Waals surface area contributed by atoms with Crippen molar-refractivity contribution in [1.29, 1.82) is 0 Å². The van der Waals surface area contributed by atoms with Crippen molar-refractivity contribution in [3.63, 3.8) is 0 Å². The van der Waals surface area contributed by atoms with Crippen molar-refractivity contribution in [3.8, 4) is 0 Å². The smallest absolute Gasteiger partial charge is 0.180 e. The van der Waals surface area contributed by atoms with Gasteiger partial charge in [-0.1, -0.05) is 0 Å². The number of aromatic nitrogens is 3. The average Bonchev–Trinajstić information content (AvgIpc) is 3.06. The summed E-state index contributed by atoms with van der Waals surface area (Å²) in [6, 6.07) is 0.157. The van der Waals surface area contributed by atoms with Crippen LogP contribution in [0.25, 0.3) is 5.65 Å². The number of rotatable bonds is 4. The van der Waals surface area contributed by atoms with Gasteiger partial charge in [0.25, 0.3) is 0 Å². The Balaban J connectivity index is 2.07. The van der Waals surface area contributed by atoms with Gasteiger partial charge in [-0.25, -0.2) is 9.97 Å². The van der Waals surface area contributed by atoms with Crippen molar-refractivity contribution >= 4 is 17.3 Å². The van der Waals surface area contributed by atoms with Crippen molar-refractivity contribution in [1.82, 2.24) is 14.4 Å². The molecule has 6 heteroatoms. The molecule has 0 spiro atoms. The molecular weight excluding hydrogens is 242 g/mol. The fourth-order valence-corrected chi connectivity index (χ4v) is 2.68. The fraction of sp³-hybridized carbons (Fsp3) is 0.538. The molecule has 0 aromatic carbocycles. The number of aliphatic hydroxyl groups excluding tert-OH is 1. The molecule has 0 amide bonds. The van der Waals surface area contributed by atoms with E-state index in [-0.39, 0.29) is 12.6 Å². The third-order valence-corrected chi connectivity index (χ3v) is 3.57. The topological polar surface area (TPSA) is 65.7 Å². The lowest BCUT2D eigenvalue weighted by Crippen LogP contribution is -2.33. The minimum atomic E-state index is 0.157. The van der Waals surface area contributed by atoms with Gasteiger partial charge in [0, 0.05) is 25.5 Å². The minimum absolute atomic E-state index is 0.157. The van der Waals surface area contributed by atoms with E-state index in [0.717, 1.165) is 43.2 Å². The molecular formula is C13H19N5O. The summed E-state index contributed by atoms with van der Waals surface area (Å²) in [6.45, 7) is 3.97. The molecule has 1 aliphatic heterocycles. The lowest BCUT2D eigenvalue weighted by Gasteiger charge is -2.24. The number of anilines is 2. The normalized spacial score (nSPS) is 19.3. The molecule has 102 valence electrons. The monoisotopic (exact) mass is 261 g/mol. The zero-order valence-electron chi connectivity index (χ0n) is 11.1. The Morgan fingerprint density at radius 2 is 2.42 bits per heavy atom. The zero-order chi connectivity index (χ0) is 13.2. The van der Waals surface area contributed by atoms with Crippen LogP contribution in [0.1, 0.15) is 19.8 Å². The molecule has 2 aromatic heterocycles. The highest BCUT2D eigenvalue weighted by Crippen LogP contribution is 2.28. The van der Waals surface area contributed by atoms with Crippen molar-refractivity contribution in [2.24, 2.45) is 0 Å². The Morgan fingerprint density at radius 1 is 1.53 bits per heavy atom. The second-order valence-corrected chi connectivity index (χ2v) is 4.81. The first-order chi connectivity index (χ1) is 9.33. The van der Waals surface area contributed by atoms with Crippen LogP contribution in [0, 0.1) is 0 Å². The number of fused-ring (bicyclic) bond motifs is 1. The van der Waals surface area contributed by atoms with Crippen molar-refractivity contribution in [3.05, 3.63) is 18.6 Å². The quantitative estimate of drug-likeness (QED) is 0.863. The number of imidazole rings is 1. The third-order valence-electron chi connectivity index (χ3n) is 3.57. The highest BCUT2D eigenvalue weighted by Gasteiger charge is 2.27. The summed E-state index contributed by atoms with van der Waals surface area (Å²) >= 11 is 0. The highest BCUT2D eigenvalue weighted by atomic mass is 16.3. The summed E-state index contributed by atoms with van der Waals surface area (Å²) in [5.74, 6) is 1.70. The molecule has 0 aliphatic carbocycles. The first-order valence-electron chi connectivity index (χ1n) is 6.78. The number of aliphatic hydroxyl groups is 1. The van der Waals surface area contributed by atoms with Crippen LogP contribution in [0.3, 0.4) is 0 Å². The third kappa shape index (κ3) is 2.12. The highest BCUT2D eigenvalue weighted by molar-refractivity contribution is 5.67. The lowest BCUT2D eigenvalue weighted by atomic mass is 10.2. The van der Waals surface area contributed by atoms with Gasteiger partial charge in [0.1, 0.15) is 5.82 Å². The number of nitrogens with zero attached hydrogens (tertiary/aromatic N) is 4. The van der Waals surface area contributed by atoms with E-state index in [1.807, 2.05) is 23.7 Å². The molecule has 0 saturated carbocycles. The molecule has 2 aromatic rings. The summed E-state index contributed by atoms with van der Waals surface area (Å²) in [4.78, 5) is 11.2. The van der Waals surface area contributed by atoms with Crippen LogP contribution < -0.4 is 10.2 Å². The number of hydrogen-bond acceptors (Lipinski definition) is 5. The van der Waals surface area contributed by atoms with Crippen LogP contribution in [0.4, 0.5) is 11.6 Å². The van der Waals surface area contributed by atoms with E-state index in [2.05, 4.69) is 20.2 Å². The molecule has 0 radical (unpaired) electrons. The Hall–Kier alpha value is -1.82. The van der Waals surface area contributed by atoms with E-state index >= 15 is 0 Å². The number of nitrogens with one attached hydrogen (secondary N) is 1. The van der Waals surface area contributed by atoms with Gasteiger partial charge >= 0.3 is 0 Å². The molecule has 2 N–H and O–H groups in total. The Morgan fingerprint density at radius 3 is 3.21 bits per heavy atom. The molecule has 1 aliphatic rings. The molecule has 1 atom stereocenters. The molecule has 1 saturated heterocycles. The average molecular weight is 261 g/mol.